The molecule has 0 unspecified atom stereocenters. The van der Waals surface area contributed by atoms with Crippen molar-refractivity contribution in [2.75, 3.05) is 5.73 Å². The Bertz CT molecular complexity index is 628. The fraction of sp³-hybridized carbons (Fsp3) is 0.167. The van der Waals surface area contributed by atoms with Crippen molar-refractivity contribution in [3.8, 4) is 0 Å². The third kappa shape index (κ3) is 3.24. The second-order valence-corrected chi connectivity index (χ2v) is 6.10. The number of carbonyl (C=O) groups is 1. The van der Waals surface area contributed by atoms with Gasteiger partial charge in [-0.25, -0.2) is 14.2 Å². The average Bonchev–Trinajstić information content (AvgIpc) is 2.66. The molecule has 100 valence electrons. The fourth-order valence-electron chi connectivity index (χ4n) is 1.50. The van der Waals surface area contributed by atoms with E-state index in [0.29, 0.717) is 16.4 Å². The van der Waals surface area contributed by atoms with E-state index in [4.69, 9.17) is 10.8 Å². The van der Waals surface area contributed by atoms with E-state index in [2.05, 4.69) is 4.98 Å². The van der Waals surface area contributed by atoms with Crippen LogP contribution in [0.4, 0.5) is 9.52 Å². The minimum Gasteiger partial charge on any atom is -0.478 e. The van der Waals surface area contributed by atoms with Crippen molar-refractivity contribution >= 4 is 34.2 Å². The maximum Gasteiger partial charge on any atom is 0.335 e. The molecule has 0 amide bonds. The normalized spacial score (nSPS) is 10.6. The fourth-order valence-corrected chi connectivity index (χ4v) is 3.50. The molecule has 0 bridgehead atoms. The van der Waals surface area contributed by atoms with E-state index in [1.807, 2.05) is 6.92 Å². The molecule has 1 aromatic heterocycles. The summed E-state index contributed by atoms with van der Waals surface area (Å²) in [6.45, 7) is 1.83. The summed E-state index contributed by atoms with van der Waals surface area (Å²) in [4.78, 5) is 14.9. The molecule has 0 aliphatic rings. The highest BCUT2D eigenvalue weighted by Crippen LogP contribution is 2.33. The van der Waals surface area contributed by atoms with Crippen LogP contribution in [0.5, 0.6) is 0 Å². The van der Waals surface area contributed by atoms with Crippen LogP contribution in [0, 0.1) is 12.7 Å². The molecule has 3 N–H and O–H groups in total. The Morgan fingerprint density at radius 3 is 2.89 bits per heavy atom. The Kier molecular flexibility index (Phi) is 4.06. The molecule has 4 nitrogen and oxygen atoms in total. The molecule has 2 aromatic rings. The van der Waals surface area contributed by atoms with Crippen molar-refractivity contribution in [3.63, 3.8) is 0 Å². The molecule has 7 heteroatoms. The van der Waals surface area contributed by atoms with Gasteiger partial charge in [0.1, 0.15) is 5.82 Å². The number of thioether (sulfide) groups is 1. The Morgan fingerprint density at radius 1 is 1.58 bits per heavy atom. The average molecular weight is 298 g/mol. The Labute approximate surface area is 117 Å². The van der Waals surface area contributed by atoms with Crippen molar-refractivity contribution in [2.24, 2.45) is 0 Å². The molecule has 0 radical (unpaired) electrons. The number of aryl methyl sites for hydroxylation is 1. The van der Waals surface area contributed by atoms with E-state index in [-0.39, 0.29) is 5.56 Å². The third-order valence-electron chi connectivity index (χ3n) is 2.42. The van der Waals surface area contributed by atoms with Gasteiger partial charge in [-0.15, -0.1) is 11.8 Å². The largest absolute Gasteiger partial charge is 0.478 e. The number of nitrogens with zero attached hydrogens (tertiary/aromatic N) is 1. The van der Waals surface area contributed by atoms with Gasteiger partial charge in [0.15, 0.2) is 5.13 Å². The zero-order chi connectivity index (χ0) is 14.0. The standard InChI is InChI=1S/C12H11FN2O2S2/c1-6-11(19-12(14)15-6)18-5-8-4-7(10(16)17)2-3-9(8)13/h2-4H,5H2,1H3,(H2,14,15)(H,16,17). The highest BCUT2D eigenvalue weighted by molar-refractivity contribution is 8.00. The zero-order valence-electron chi connectivity index (χ0n) is 10.0. The number of hydrogen-bond donors (Lipinski definition) is 2. The smallest absolute Gasteiger partial charge is 0.335 e. The molecule has 0 aliphatic carbocycles. The first-order chi connectivity index (χ1) is 8.97. The van der Waals surface area contributed by atoms with Crippen LogP contribution in [-0.4, -0.2) is 16.1 Å². The van der Waals surface area contributed by atoms with Crippen molar-refractivity contribution in [3.05, 3.63) is 40.8 Å². The summed E-state index contributed by atoms with van der Waals surface area (Å²) in [6.07, 6.45) is 0. The molecule has 0 saturated carbocycles. The first-order valence-corrected chi connectivity index (χ1v) is 7.15. The second-order valence-electron chi connectivity index (χ2n) is 3.82. The molecule has 0 aliphatic heterocycles. The van der Waals surface area contributed by atoms with Gasteiger partial charge in [0.2, 0.25) is 0 Å². The zero-order valence-corrected chi connectivity index (χ0v) is 11.6. The van der Waals surface area contributed by atoms with Crippen molar-refractivity contribution in [1.82, 2.24) is 4.98 Å². The molecule has 1 aromatic carbocycles. The lowest BCUT2D eigenvalue weighted by Crippen LogP contribution is -1.99. The van der Waals surface area contributed by atoms with Crippen LogP contribution in [-0.2, 0) is 5.75 Å². The minimum atomic E-state index is -1.07. The lowest BCUT2D eigenvalue weighted by Gasteiger charge is -2.04. The molecule has 19 heavy (non-hydrogen) atoms. The van der Waals surface area contributed by atoms with E-state index in [9.17, 15) is 9.18 Å². The summed E-state index contributed by atoms with van der Waals surface area (Å²) in [6, 6.07) is 3.78. The van der Waals surface area contributed by atoms with Crippen LogP contribution < -0.4 is 5.73 Å². The van der Waals surface area contributed by atoms with Gasteiger partial charge < -0.3 is 10.8 Å². The van der Waals surface area contributed by atoms with E-state index in [0.717, 1.165) is 9.90 Å². The number of anilines is 1. The van der Waals surface area contributed by atoms with Crippen molar-refractivity contribution in [2.45, 2.75) is 16.9 Å². The number of nitrogens with two attached hydrogens (primary N) is 1. The van der Waals surface area contributed by atoms with Gasteiger partial charge in [-0.1, -0.05) is 11.3 Å². The lowest BCUT2D eigenvalue weighted by atomic mass is 10.1. The highest BCUT2D eigenvalue weighted by atomic mass is 32.2. The number of nitrogen functional groups attached to an aromatic ring is 1. The Balaban J connectivity index is 2.17. The van der Waals surface area contributed by atoms with Crippen molar-refractivity contribution < 1.29 is 14.3 Å². The number of thiazole rings is 1. The summed E-state index contributed by atoms with van der Waals surface area (Å²) < 4.78 is 14.5. The van der Waals surface area contributed by atoms with Crippen LogP contribution in [0.2, 0.25) is 0 Å². The molecule has 0 fully saturated rings. The van der Waals surface area contributed by atoms with Gasteiger partial charge in [0, 0.05) is 5.75 Å². The van der Waals surface area contributed by atoms with Gasteiger partial charge >= 0.3 is 5.97 Å². The first-order valence-electron chi connectivity index (χ1n) is 5.35. The maximum atomic E-state index is 13.6. The van der Waals surface area contributed by atoms with E-state index >= 15 is 0 Å². The predicted molar refractivity (Wildman–Crippen MR) is 74.2 cm³/mol. The number of benzene rings is 1. The van der Waals surface area contributed by atoms with Gasteiger partial charge in [0.05, 0.1) is 15.5 Å². The monoisotopic (exact) mass is 298 g/mol. The summed E-state index contributed by atoms with van der Waals surface area (Å²) in [5.41, 5.74) is 6.83. The third-order valence-corrected chi connectivity index (χ3v) is 4.82. The van der Waals surface area contributed by atoms with E-state index in [1.165, 1.54) is 41.3 Å². The van der Waals surface area contributed by atoms with Crippen LogP contribution in [0.3, 0.4) is 0 Å². The Morgan fingerprint density at radius 2 is 2.32 bits per heavy atom. The summed E-state index contributed by atoms with van der Waals surface area (Å²) in [5.74, 6) is -1.13. The number of aromatic nitrogens is 1. The topological polar surface area (TPSA) is 76.2 Å². The molecule has 0 saturated heterocycles. The number of carboxylic acid groups (broad SMARTS) is 1. The van der Waals surface area contributed by atoms with Crippen LogP contribution in [0.1, 0.15) is 21.6 Å². The lowest BCUT2D eigenvalue weighted by molar-refractivity contribution is 0.0696. The van der Waals surface area contributed by atoms with Gasteiger partial charge in [-0.3, -0.25) is 0 Å². The number of aromatic carboxylic acids is 1. The second kappa shape index (κ2) is 5.58. The quantitative estimate of drug-likeness (QED) is 0.848. The van der Waals surface area contributed by atoms with Gasteiger partial charge in [0.25, 0.3) is 0 Å². The van der Waals surface area contributed by atoms with Crippen LogP contribution >= 0.6 is 23.1 Å². The number of carboxylic acids is 1. The molecular weight excluding hydrogens is 287 g/mol. The van der Waals surface area contributed by atoms with Gasteiger partial charge in [-0.2, -0.15) is 0 Å². The van der Waals surface area contributed by atoms with Crippen LogP contribution in [0.15, 0.2) is 22.4 Å². The van der Waals surface area contributed by atoms with Crippen molar-refractivity contribution in [1.29, 1.82) is 0 Å². The molecule has 1 heterocycles. The summed E-state index contributed by atoms with van der Waals surface area (Å²) in [5, 5.41) is 9.35. The number of halogens is 1. The summed E-state index contributed by atoms with van der Waals surface area (Å²) >= 11 is 2.74. The SMILES string of the molecule is Cc1nc(N)sc1SCc1cc(C(=O)O)ccc1F. The van der Waals surface area contributed by atoms with E-state index < -0.39 is 11.8 Å². The predicted octanol–water partition coefficient (Wildman–Crippen LogP) is 3.16. The maximum absolute atomic E-state index is 13.6. The number of hydrogen-bond acceptors (Lipinski definition) is 5. The number of rotatable bonds is 4. The highest BCUT2D eigenvalue weighted by Gasteiger charge is 2.11. The first kappa shape index (κ1) is 13.8. The molecular formula is C12H11FN2O2S2. The minimum absolute atomic E-state index is 0.0811. The van der Waals surface area contributed by atoms with Crippen LogP contribution in [0.25, 0.3) is 0 Å². The summed E-state index contributed by atoms with van der Waals surface area (Å²) in [7, 11) is 0. The molecule has 0 atom stereocenters. The molecule has 0 spiro atoms. The van der Waals surface area contributed by atoms with E-state index in [1.54, 1.807) is 0 Å². The van der Waals surface area contributed by atoms with Gasteiger partial charge in [-0.05, 0) is 30.7 Å². The Hall–Kier alpha value is -1.60. The molecule has 2 rings (SSSR count).